The molecular formula is C19H21N5O2. The quantitative estimate of drug-likeness (QED) is 0.738. The average molecular weight is 351 g/mol. The lowest BCUT2D eigenvalue weighted by atomic mass is 9.90. The van der Waals surface area contributed by atoms with E-state index in [1.165, 1.54) is 0 Å². The zero-order valence-corrected chi connectivity index (χ0v) is 14.6. The molecule has 134 valence electrons. The zero-order chi connectivity index (χ0) is 18.3. The molecule has 3 N–H and O–H groups in total. The number of carbonyl (C=O) groups excluding carboxylic acids is 2. The van der Waals surface area contributed by atoms with Crippen molar-refractivity contribution in [2.45, 2.75) is 12.3 Å². The second-order valence-corrected chi connectivity index (χ2v) is 6.90. The number of rotatable bonds is 4. The highest BCUT2D eigenvalue weighted by atomic mass is 16.2. The van der Waals surface area contributed by atoms with Crippen LogP contribution in [0.4, 0.5) is 0 Å². The van der Waals surface area contributed by atoms with Gasteiger partial charge in [0.15, 0.2) is 0 Å². The first-order valence-electron chi connectivity index (χ1n) is 8.63. The van der Waals surface area contributed by atoms with Gasteiger partial charge in [0.1, 0.15) is 0 Å². The molecule has 0 bridgehead atoms. The van der Waals surface area contributed by atoms with Crippen LogP contribution in [0, 0.1) is 5.92 Å². The number of carbonyl (C=O) groups is 2. The van der Waals surface area contributed by atoms with Crippen LogP contribution in [-0.4, -0.2) is 44.6 Å². The Morgan fingerprint density at radius 1 is 1.31 bits per heavy atom. The minimum absolute atomic E-state index is 0.00685. The Morgan fingerprint density at radius 3 is 2.85 bits per heavy atom. The van der Waals surface area contributed by atoms with Crippen molar-refractivity contribution in [1.82, 2.24) is 19.7 Å². The number of aryl methyl sites for hydroxylation is 1. The summed E-state index contributed by atoms with van der Waals surface area (Å²) < 4.78 is 1.70. The van der Waals surface area contributed by atoms with E-state index in [0.29, 0.717) is 19.5 Å². The van der Waals surface area contributed by atoms with E-state index in [1.807, 2.05) is 43.7 Å². The summed E-state index contributed by atoms with van der Waals surface area (Å²) in [6.07, 6.45) is 5.81. The number of likely N-dealkylation sites (tertiary alicyclic amines) is 1. The summed E-state index contributed by atoms with van der Waals surface area (Å²) in [5.41, 5.74) is 8.52. The minimum atomic E-state index is -0.383. The maximum Gasteiger partial charge on any atom is 0.227 e. The Hall–Kier alpha value is -3.09. The number of benzene rings is 1. The molecule has 4 rings (SSSR count). The van der Waals surface area contributed by atoms with Crippen LogP contribution in [0.25, 0.3) is 10.9 Å². The smallest absolute Gasteiger partial charge is 0.227 e. The molecule has 1 aromatic carbocycles. The number of aromatic nitrogens is 3. The van der Waals surface area contributed by atoms with Crippen LogP contribution < -0.4 is 5.73 Å². The summed E-state index contributed by atoms with van der Waals surface area (Å²) in [4.78, 5) is 29.7. The highest BCUT2D eigenvalue weighted by Crippen LogP contribution is 2.33. The topological polar surface area (TPSA) is 97.0 Å². The van der Waals surface area contributed by atoms with Gasteiger partial charge in [-0.1, -0.05) is 18.2 Å². The van der Waals surface area contributed by atoms with E-state index in [1.54, 1.807) is 15.8 Å². The summed E-state index contributed by atoms with van der Waals surface area (Å²) in [6, 6.07) is 7.91. The monoisotopic (exact) mass is 351 g/mol. The third-order valence-corrected chi connectivity index (χ3v) is 5.21. The lowest BCUT2D eigenvalue weighted by Crippen LogP contribution is -2.32. The molecule has 7 heteroatoms. The van der Waals surface area contributed by atoms with Crippen molar-refractivity contribution in [2.75, 3.05) is 13.1 Å². The molecule has 26 heavy (non-hydrogen) atoms. The van der Waals surface area contributed by atoms with Crippen LogP contribution >= 0.6 is 0 Å². The molecule has 1 fully saturated rings. The van der Waals surface area contributed by atoms with Gasteiger partial charge in [-0.15, -0.1) is 0 Å². The second kappa shape index (κ2) is 6.33. The molecule has 0 spiro atoms. The molecular weight excluding hydrogens is 330 g/mol. The van der Waals surface area contributed by atoms with Gasteiger partial charge in [0.2, 0.25) is 11.8 Å². The van der Waals surface area contributed by atoms with Gasteiger partial charge < -0.3 is 15.6 Å². The minimum Gasteiger partial charge on any atom is -0.369 e. The first-order chi connectivity index (χ1) is 12.5. The van der Waals surface area contributed by atoms with Gasteiger partial charge in [-0.2, -0.15) is 5.10 Å². The molecule has 2 amide bonds. The molecule has 7 nitrogen and oxygen atoms in total. The predicted molar refractivity (Wildman–Crippen MR) is 97.2 cm³/mol. The lowest BCUT2D eigenvalue weighted by molar-refractivity contribution is -0.129. The van der Waals surface area contributed by atoms with E-state index in [-0.39, 0.29) is 23.7 Å². The summed E-state index contributed by atoms with van der Waals surface area (Å²) in [5.74, 6) is -0.854. The summed E-state index contributed by atoms with van der Waals surface area (Å²) in [6.45, 7) is 0.844. The van der Waals surface area contributed by atoms with Crippen molar-refractivity contribution < 1.29 is 9.59 Å². The van der Waals surface area contributed by atoms with Crippen LogP contribution in [0.5, 0.6) is 0 Å². The number of primary amides is 1. The molecule has 0 saturated carbocycles. The third-order valence-electron chi connectivity index (χ3n) is 5.21. The fourth-order valence-corrected chi connectivity index (χ4v) is 3.82. The van der Waals surface area contributed by atoms with Crippen LogP contribution in [0.2, 0.25) is 0 Å². The molecule has 1 saturated heterocycles. The molecule has 0 unspecified atom stereocenters. The number of nitrogens with two attached hydrogens (primary N) is 1. The average Bonchev–Trinajstić information content (AvgIpc) is 3.33. The Kier molecular flexibility index (Phi) is 3.99. The number of hydrogen-bond donors (Lipinski definition) is 2. The number of hydrogen-bond acceptors (Lipinski definition) is 3. The van der Waals surface area contributed by atoms with E-state index < -0.39 is 0 Å². The van der Waals surface area contributed by atoms with Crippen molar-refractivity contribution in [2.24, 2.45) is 18.7 Å². The van der Waals surface area contributed by atoms with Gasteiger partial charge in [0.25, 0.3) is 0 Å². The van der Waals surface area contributed by atoms with Crippen molar-refractivity contribution >= 4 is 22.7 Å². The lowest BCUT2D eigenvalue weighted by Gasteiger charge is -2.16. The van der Waals surface area contributed by atoms with Gasteiger partial charge in [0.05, 0.1) is 18.5 Å². The maximum absolute atomic E-state index is 12.8. The van der Waals surface area contributed by atoms with Gasteiger partial charge in [-0.05, 0) is 17.2 Å². The molecule has 2 atom stereocenters. The first kappa shape index (κ1) is 16.4. The van der Waals surface area contributed by atoms with Gasteiger partial charge in [0, 0.05) is 49.4 Å². The van der Waals surface area contributed by atoms with Crippen molar-refractivity contribution in [1.29, 1.82) is 0 Å². The van der Waals surface area contributed by atoms with Crippen molar-refractivity contribution in [3.05, 3.63) is 54.0 Å². The Balaban J connectivity index is 1.54. The first-order valence-corrected chi connectivity index (χ1v) is 8.63. The molecule has 3 aromatic rings. The SMILES string of the molecule is Cn1cc([C@H]2CN(C(=O)Cc3c[nH]c4ccccc34)C[C@@H]2C(N)=O)cn1. The zero-order valence-electron chi connectivity index (χ0n) is 14.6. The van der Waals surface area contributed by atoms with Gasteiger partial charge in [-0.25, -0.2) is 0 Å². The van der Waals surface area contributed by atoms with Crippen LogP contribution in [0.1, 0.15) is 17.0 Å². The highest BCUT2D eigenvalue weighted by Gasteiger charge is 2.39. The molecule has 0 aliphatic carbocycles. The summed E-state index contributed by atoms with van der Waals surface area (Å²) in [5, 5.41) is 5.23. The van der Waals surface area contributed by atoms with E-state index in [9.17, 15) is 9.59 Å². The number of nitrogens with one attached hydrogen (secondary N) is 1. The van der Waals surface area contributed by atoms with Gasteiger partial charge in [-0.3, -0.25) is 14.3 Å². The molecule has 1 aliphatic rings. The number of fused-ring (bicyclic) bond motifs is 1. The number of nitrogens with zero attached hydrogens (tertiary/aromatic N) is 3. The third kappa shape index (κ3) is 2.85. The van der Waals surface area contributed by atoms with Crippen LogP contribution in [-0.2, 0) is 23.1 Å². The van der Waals surface area contributed by atoms with E-state index >= 15 is 0 Å². The highest BCUT2D eigenvalue weighted by molar-refractivity contribution is 5.89. The van der Waals surface area contributed by atoms with E-state index in [2.05, 4.69) is 10.1 Å². The molecule has 1 aliphatic heterocycles. The fourth-order valence-electron chi connectivity index (χ4n) is 3.82. The number of amides is 2. The molecule has 3 heterocycles. The maximum atomic E-state index is 12.8. The van der Waals surface area contributed by atoms with E-state index in [4.69, 9.17) is 5.73 Å². The Labute approximate surface area is 150 Å². The van der Waals surface area contributed by atoms with Gasteiger partial charge >= 0.3 is 0 Å². The van der Waals surface area contributed by atoms with Crippen LogP contribution in [0.15, 0.2) is 42.9 Å². The molecule has 2 aromatic heterocycles. The standard InChI is InChI=1S/C19H21N5O2/c1-23-9-13(8-22-23)15-10-24(11-16(15)19(20)26)18(25)6-12-7-21-17-5-3-2-4-14(12)17/h2-5,7-9,15-16,21H,6,10-11H2,1H3,(H2,20,26)/t15-,16+/m1/s1. The molecule has 0 radical (unpaired) electrons. The van der Waals surface area contributed by atoms with E-state index in [0.717, 1.165) is 22.0 Å². The number of para-hydroxylation sites is 1. The predicted octanol–water partition coefficient (Wildman–Crippen LogP) is 1.17. The van der Waals surface area contributed by atoms with Crippen LogP contribution in [0.3, 0.4) is 0 Å². The van der Waals surface area contributed by atoms with Crippen molar-refractivity contribution in [3.63, 3.8) is 0 Å². The Morgan fingerprint density at radius 2 is 2.12 bits per heavy atom. The largest absolute Gasteiger partial charge is 0.369 e. The summed E-state index contributed by atoms with van der Waals surface area (Å²) >= 11 is 0. The summed E-state index contributed by atoms with van der Waals surface area (Å²) in [7, 11) is 1.83. The van der Waals surface area contributed by atoms with Crippen molar-refractivity contribution in [3.8, 4) is 0 Å². The number of H-pyrrole nitrogens is 1. The number of aromatic amines is 1. The second-order valence-electron chi connectivity index (χ2n) is 6.90. The normalized spacial score (nSPS) is 20.0. The Bertz CT molecular complexity index is 973. The fraction of sp³-hybridized carbons (Fsp3) is 0.316.